The molecule has 0 saturated heterocycles. The Kier molecular flexibility index (Phi) is 9.88. The molecule has 0 aliphatic rings. The van der Waals surface area contributed by atoms with Gasteiger partial charge in [0.05, 0.1) is 19.9 Å². The van der Waals surface area contributed by atoms with E-state index in [2.05, 4.69) is 23.5 Å². The van der Waals surface area contributed by atoms with E-state index in [9.17, 15) is 4.79 Å². The number of hydrogen-bond acceptors (Lipinski definition) is 5. The minimum Gasteiger partial charge on any atom is -0.493 e. The van der Waals surface area contributed by atoms with E-state index < -0.39 is 0 Å². The van der Waals surface area contributed by atoms with Gasteiger partial charge in [-0.1, -0.05) is 32.3 Å². The Morgan fingerprint density at radius 3 is 2.55 bits per heavy atom. The first-order valence-electron chi connectivity index (χ1n) is 10.8. The Bertz CT molecular complexity index is 893. The summed E-state index contributed by atoms with van der Waals surface area (Å²) in [5.41, 5.74) is 6.54. The molecule has 0 atom stereocenters. The van der Waals surface area contributed by atoms with Crippen molar-refractivity contribution in [2.24, 2.45) is 5.10 Å². The minimum atomic E-state index is -0.325. The molecule has 0 bridgehead atoms. The van der Waals surface area contributed by atoms with Crippen molar-refractivity contribution >= 4 is 12.1 Å². The predicted octanol–water partition coefficient (Wildman–Crippen LogP) is 5.11. The third-order valence-corrected chi connectivity index (χ3v) is 4.97. The van der Waals surface area contributed by atoms with Crippen molar-refractivity contribution in [1.82, 2.24) is 5.43 Å². The first-order chi connectivity index (χ1) is 14.9. The molecule has 0 unspecified atom stereocenters. The number of carbonyl (C=O) groups is 1. The van der Waals surface area contributed by atoms with Gasteiger partial charge in [-0.3, -0.25) is 4.79 Å². The number of rotatable bonds is 12. The average Bonchev–Trinajstić information content (AvgIpc) is 2.75. The van der Waals surface area contributed by atoms with Gasteiger partial charge in [-0.2, -0.15) is 5.10 Å². The monoisotopic (exact) mass is 426 g/mol. The van der Waals surface area contributed by atoms with Crippen LogP contribution in [-0.2, 0) is 4.79 Å². The zero-order chi connectivity index (χ0) is 22.6. The second kappa shape index (κ2) is 12.6. The van der Waals surface area contributed by atoms with Gasteiger partial charge in [-0.25, -0.2) is 5.43 Å². The van der Waals surface area contributed by atoms with Crippen LogP contribution in [0.3, 0.4) is 0 Å². The van der Waals surface area contributed by atoms with Crippen LogP contribution < -0.4 is 19.6 Å². The van der Waals surface area contributed by atoms with Crippen molar-refractivity contribution in [2.45, 2.75) is 53.4 Å². The van der Waals surface area contributed by atoms with Crippen LogP contribution >= 0.6 is 0 Å². The maximum atomic E-state index is 12.1. The molecule has 0 aromatic heterocycles. The molecule has 1 N–H and O–H groups in total. The topological polar surface area (TPSA) is 69.2 Å². The van der Waals surface area contributed by atoms with Gasteiger partial charge < -0.3 is 14.2 Å². The van der Waals surface area contributed by atoms with Crippen LogP contribution in [0.2, 0.25) is 0 Å². The number of ether oxygens (including phenoxy) is 3. The summed E-state index contributed by atoms with van der Waals surface area (Å²) >= 11 is 0. The van der Waals surface area contributed by atoms with Crippen molar-refractivity contribution in [3.63, 3.8) is 0 Å². The second-order valence-corrected chi connectivity index (χ2v) is 7.61. The number of benzene rings is 2. The number of nitrogens with one attached hydrogen (secondary N) is 1. The molecular formula is C25H34N2O4. The Labute approximate surface area is 185 Å². The number of carbonyl (C=O) groups excluding carboxylic acids is 1. The van der Waals surface area contributed by atoms with E-state index in [0.717, 1.165) is 35.1 Å². The summed E-state index contributed by atoms with van der Waals surface area (Å²) in [7, 11) is 1.61. The van der Waals surface area contributed by atoms with E-state index in [0.29, 0.717) is 23.9 Å². The van der Waals surface area contributed by atoms with Gasteiger partial charge in [0.1, 0.15) is 5.75 Å². The number of aryl methyl sites for hydroxylation is 2. The Balaban J connectivity index is 1.85. The van der Waals surface area contributed by atoms with Gasteiger partial charge in [0, 0.05) is 0 Å². The number of unbranched alkanes of at least 4 members (excludes halogenated alkanes) is 3. The summed E-state index contributed by atoms with van der Waals surface area (Å²) in [6.07, 6.45) is 6.17. The zero-order valence-electron chi connectivity index (χ0n) is 19.3. The molecule has 0 heterocycles. The quantitative estimate of drug-likeness (QED) is 0.291. The van der Waals surface area contributed by atoms with E-state index in [-0.39, 0.29) is 12.5 Å². The van der Waals surface area contributed by atoms with Gasteiger partial charge in [0.2, 0.25) is 0 Å². The molecule has 0 aliphatic heterocycles. The van der Waals surface area contributed by atoms with Gasteiger partial charge in [0.15, 0.2) is 18.1 Å². The van der Waals surface area contributed by atoms with E-state index in [4.69, 9.17) is 14.2 Å². The lowest BCUT2D eigenvalue weighted by Gasteiger charge is -2.12. The predicted molar refractivity (Wildman–Crippen MR) is 125 cm³/mol. The standard InChI is InChI=1S/C25H34N2O4/c1-6-7-8-9-12-30-22-11-10-21(15-24(22)29-5)16-26-27-25(28)17-31-23-14-18(2)13-19(3)20(23)4/h10-11,13-16H,6-9,12,17H2,1-5H3,(H,27,28)/b26-16+. The highest BCUT2D eigenvalue weighted by Gasteiger charge is 2.08. The lowest BCUT2D eigenvalue weighted by Crippen LogP contribution is -2.24. The van der Waals surface area contributed by atoms with Crippen molar-refractivity contribution in [2.75, 3.05) is 20.3 Å². The summed E-state index contributed by atoms with van der Waals surface area (Å²) in [5, 5.41) is 4.01. The fourth-order valence-electron chi connectivity index (χ4n) is 3.10. The Morgan fingerprint density at radius 1 is 1.00 bits per heavy atom. The molecule has 2 aromatic rings. The zero-order valence-corrected chi connectivity index (χ0v) is 19.3. The fraction of sp³-hybridized carbons (Fsp3) is 0.440. The Hall–Kier alpha value is -3.02. The molecular weight excluding hydrogens is 392 g/mol. The van der Waals surface area contributed by atoms with Crippen LogP contribution in [0.4, 0.5) is 0 Å². The van der Waals surface area contributed by atoms with Crippen LogP contribution in [0.25, 0.3) is 0 Å². The van der Waals surface area contributed by atoms with E-state index >= 15 is 0 Å². The number of amides is 1. The van der Waals surface area contributed by atoms with E-state index in [1.807, 2.05) is 45.0 Å². The number of hydrogen-bond donors (Lipinski definition) is 1. The van der Waals surface area contributed by atoms with Crippen molar-refractivity contribution in [1.29, 1.82) is 0 Å². The first-order valence-corrected chi connectivity index (χ1v) is 10.8. The van der Waals surface area contributed by atoms with Crippen molar-refractivity contribution in [3.8, 4) is 17.2 Å². The first kappa shape index (κ1) is 24.3. The summed E-state index contributed by atoms with van der Waals surface area (Å²) in [6.45, 7) is 8.75. The molecule has 168 valence electrons. The van der Waals surface area contributed by atoms with Gasteiger partial charge >= 0.3 is 0 Å². The minimum absolute atomic E-state index is 0.102. The molecule has 0 fully saturated rings. The summed E-state index contributed by atoms with van der Waals surface area (Å²) in [4.78, 5) is 12.1. The fourth-order valence-corrected chi connectivity index (χ4v) is 3.10. The molecule has 2 rings (SSSR count). The highest BCUT2D eigenvalue weighted by Crippen LogP contribution is 2.28. The van der Waals surface area contributed by atoms with Gasteiger partial charge in [-0.15, -0.1) is 0 Å². The molecule has 0 radical (unpaired) electrons. The van der Waals surface area contributed by atoms with Gasteiger partial charge in [0.25, 0.3) is 5.91 Å². The molecule has 6 nitrogen and oxygen atoms in total. The molecule has 0 saturated carbocycles. The molecule has 1 amide bonds. The highest BCUT2D eigenvalue weighted by atomic mass is 16.5. The van der Waals surface area contributed by atoms with E-state index in [1.165, 1.54) is 12.8 Å². The SMILES string of the molecule is CCCCCCOc1ccc(/C=N/NC(=O)COc2cc(C)cc(C)c2C)cc1OC. The molecule has 0 spiro atoms. The largest absolute Gasteiger partial charge is 0.493 e. The number of hydrazone groups is 1. The lowest BCUT2D eigenvalue weighted by molar-refractivity contribution is -0.123. The van der Waals surface area contributed by atoms with Crippen LogP contribution in [0.1, 0.15) is 54.9 Å². The molecule has 2 aromatic carbocycles. The summed E-state index contributed by atoms with van der Waals surface area (Å²) < 4.78 is 16.9. The lowest BCUT2D eigenvalue weighted by atomic mass is 10.1. The smallest absolute Gasteiger partial charge is 0.277 e. The second-order valence-electron chi connectivity index (χ2n) is 7.61. The van der Waals surface area contributed by atoms with Crippen LogP contribution in [0, 0.1) is 20.8 Å². The van der Waals surface area contributed by atoms with E-state index in [1.54, 1.807) is 13.3 Å². The van der Waals surface area contributed by atoms with Gasteiger partial charge in [-0.05, 0) is 73.7 Å². The summed E-state index contributed by atoms with van der Waals surface area (Å²) in [5.74, 6) is 1.73. The third-order valence-electron chi connectivity index (χ3n) is 4.97. The van der Waals surface area contributed by atoms with Crippen molar-refractivity contribution in [3.05, 3.63) is 52.6 Å². The third kappa shape index (κ3) is 7.96. The number of nitrogens with zero attached hydrogens (tertiary/aromatic N) is 1. The average molecular weight is 427 g/mol. The van der Waals surface area contributed by atoms with Crippen LogP contribution in [0.15, 0.2) is 35.4 Å². The molecule has 0 aliphatic carbocycles. The maximum Gasteiger partial charge on any atom is 0.277 e. The molecule has 6 heteroatoms. The summed E-state index contributed by atoms with van der Waals surface area (Å²) in [6, 6.07) is 9.57. The maximum absolute atomic E-state index is 12.1. The van der Waals surface area contributed by atoms with Crippen LogP contribution in [-0.4, -0.2) is 32.4 Å². The number of methoxy groups -OCH3 is 1. The van der Waals surface area contributed by atoms with Crippen LogP contribution in [0.5, 0.6) is 17.2 Å². The normalized spacial score (nSPS) is 10.9. The molecule has 31 heavy (non-hydrogen) atoms. The Morgan fingerprint density at radius 2 is 1.81 bits per heavy atom. The highest BCUT2D eigenvalue weighted by molar-refractivity contribution is 5.83. The van der Waals surface area contributed by atoms with Crippen molar-refractivity contribution < 1.29 is 19.0 Å².